The van der Waals surface area contributed by atoms with Crippen molar-refractivity contribution in [2.75, 3.05) is 18.1 Å². The molecule has 0 radical (unpaired) electrons. The monoisotopic (exact) mass is 295 g/mol. The molecule has 0 amide bonds. The average Bonchev–Trinajstić information content (AvgIpc) is 2.84. The highest BCUT2D eigenvalue weighted by Crippen LogP contribution is 2.17. The van der Waals surface area contributed by atoms with Gasteiger partial charge in [-0.2, -0.15) is 4.68 Å². The van der Waals surface area contributed by atoms with Crippen LogP contribution in [0.1, 0.15) is 13.8 Å². The van der Waals surface area contributed by atoms with Gasteiger partial charge in [0.2, 0.25) is 5.95 Å². The third kappa shape index (κ3) is 2.96. The number of anilines is 1. The number of sulfone groups is 1. The molecule has 1 aromatic carbocycles. The minimum Gasteiger partial charge on any atom is -0.351 e. The molecule has 0 aliphatic rings. The van der Waals surface area contributed by atoms with E-state index < -0.39 is 14.6 Å². The van der Waals surface area contributed by atoms with Crippen molar-refractivity contribution >= 4 is 15.8 Å². The lowest BCUT2D eigenvalue weighted by atomic mass is 10.2. The van der Waals surface area contributed by atoms with Gasteiger partial charge in [-0.25, -0.2) is 8.42 Å². The summed E-state index contributed by atoms with van der Waals surface area (Å²) in [5.74, 6) is 0.410. The topological polar surface area (TPSA) is 89.8 Å². The fourth-order valence-electron chi connectivity index (χ4n) is 1.46. The van der Waals surface area contributed by atoms with E-state index >= 15 is 0 Å². The molecule has 1 heterocycles. The number of para-hydroxylation sites is 1. The molecule has 0 fully saturated rings. The molecule has 1 aromatic heterocycles. The second-order valence-electron chi connectivity index (χ2n) is 5.14. The van der Waals surface area contributed by atoms with E-state index in [1.54, 1.807) is 13.8 Å². The largest absolute Gasteiger partial charge is 0.351 e. The van der Waals surface area contributed by atoms with Gasteiger partial charge >= 0.3 is 0 Å². The Bertz CT molecular complexity index is 679. The first kappa shape index (κ1) is 14.4. The number of hydrogen-bond donors (Lipinski definition) is 1. The summed E-state index contributed by atoms with van der Waals surface area (Å²) in [5, 5.41) is 14.4. The van der Waals surface area contributed by atoms with E-state index in [1.807, 2.05) is 30.3 Å². The molecule has 0 atom stereocenters. The minimum atomic E-state index is -3.17. The molecule has 0 unspecified atom stereocenters. The maximum atomic E-state index is 11.7. The van der Waals surface area contributed by atoms with E-state index in [1.165, 1.54) is 10.9 Å². The molecule has 0 saturated heterocycles. The van der Waals surface area contributed by atoms with Crippen LogP contribution in [0.3, 0.4) is 0 Å². The summed E-state index contributed by atoms with van der Waals surface area (Å²) < 4.78 is 24.0. The number of nitrogens with one attached hydrogen (secondary N) is 1. The van der Waals surface area contributed by atoms with Gasteiger partial charge in [0.1, 0.15) is 0 Å². The van der Waals surface area contributed by atoms with E-state index in [2.05, 4.69) is 20.8 Å². The molecule has 7 nitrogen and oxygen atoms in total. The summed E-state index contributed by atoms with van der Waals surface area (Å²) >= 11 is 0. The zero-order valence-corrected chi connectivity index (χ0v) is 12.4. The summed E-state index contributed by atoms with van der Waals surface area (Å²) in [7, 11) is -3.17. The summed E-state index contributed by atoms with van der Waals surface area (Å²) in [6, 6.07) is 9.38. The number of hydrogen-bond acceptors (Lipinski definition) is 6. The molecule has 2 aromatic rings. The molecule has 108 valence electrons. The predicted octanol–water partition coefficient (Wildman–Crippen LogP) is 0.897. The van der Waals surface area contributed by atoms with Gasteiger partial charge in [-0.3, -0.25) is 0 Å². The van der Waals surface area contributed by atoms with Gasteiger partial charge in [0.25, 0.3) is 0 Å². The Morgan fingerprint density at radius 1 is 1.25 bits per heavy atom. The van der Waals surface area contributed by atoms with Gasteiger partial charge < -0.3 is 5.32 Å². The van der Waals surface area contributed by atoms with Crippen molar-refractivity contribution in [1.82, 2.24) is 20.2 Å². The Hall–Kier alpha value is -1.96. The maximum Gasteiger partial charge on any atom is 0.247 e. The Balaban J connectivity index is 2.19. The summed E-state index contributed by atoms with van der Waals surface area (Å²) in [6.45, 7) is 3.54. The van der Waals surface area contributed by atoms with Gasteiger partial charge in [-0.1, -0.05) is 23.3 Å². The number of nitrogens with zero attached hydrogens (tertiary/aromatic N) is 4. The smallest absolute Gasteiger partial charge is 0.247 e. The van der Waals surface area contributed by atoms with Crippen LogP contribution in [0.4, 0.5) is 5.95 Å². The number of rotatable bonds is 5. The fourth-order valence-corrected chi connectivity index (χ4v) is 1.80. The lowest BCUT2D eigenvalue weighted by molar-refractivity contribution is 0.559. The predicted molar refractivity (Wildman–Crippen MR) is 76.6 cm³/mol. The molecule has 0 spiro atoms. The molecule has 0 bridgehead atoms. The highest BCUT2D eigenvalue weighted by molar-refractivity contribution is 7.92. The molecule has 0 aliphatic heterocycles. The van der Waals surface area contributed by atoms with Crippen LogP contribution in [0.15, 0.2) is 30.3 Å². The first-order valence-corrected chi connectivity index (χ1v) is 7.98. The Labute approximate surface area is 117 Å². The van der Waals surface area contributed by atoms with Crippen LogP contribution >= 0.6 is 0 Å². The fraction of sp³-hybridized carbons (Fsp3) is 0.417. The summed E-state index contributed by atoms with van der Waals surface area (Å²) in [5.41, 5.74) is 0.803. The molecule has 0 aliphatic carbocycles. The van der Waals surface area contributed by atoms with Gasteiger partial charge in [0.05, 0.1) is 10.4 Å². The van der Waals surface area contributed by atoms with Gasteiger partial charge in [0.15, 0.2) is 9.84 Å². The van der Waals surface area contributed by atoms with E-state index in [-0.39, 0.29) is 6.54 Å². The van der Waals surface area contributed by atoms with Crippen LogP contribution in [0, 0.1) is 0 Å². The molecular formula is C12H17N5O2S. The van der Waals surface area contributed by atoms with E-state index in [0.29, 0.717) is 5.95 Å². The molecule has 8 heteroatoms. The second kappa shape index (κ2) is 5.20. The van der Waals surface area contributed by atoms with E-state index in [0.717, 1.165) is 5.69 Å². The maximum absolute atomic E-state index is 11.7. The third-order valence-corrected chi connectivity index (χ3v) is 5.30. The van der Waals surface area contributed by atoms with Crippen LogP contribution in [-0.4, -0.2) is 46.2 Å². The number of aromatic nitrogens is 4. The molecule has 2 rings (SSSR count). The standard InChI is InChI=1S/C12H17N5O2S/c1-12(2,20(3,18)19)9-13-11-14-15-16-17(11)10-7-5-4-6-8-10/h4-8H,9H2,1-3H3,(H,13,14,16). The quantitative estimate of drug-likeness (QED) is 0.881. The lowest BCUT2D eigenvalue weighted by Gasteiger charge is -2.22. The summed E-state index contributed by atoms with van der Waals surface area (Å²) in [4.78, 5) is 0. The van der Waals surface area contributed by atoms with Gasteiger partial charge in [0, 0.05) is 12.8 Å². The summed E-state index contributed by atoms with van der Waals surface area (Å²) in [6.07, 6.45) is 1.22. The second-order valence-corrected chi connectivity index (χ2v) is 7.78. The van der Waals surface area contributed by atoms with Crippen LogP contribution < -0.4 is 5.32 Å². The molecule has 0 saturated carbocycles. The van der Waals surface area contributed by atoms with Crippen LogP contribution in [0.25, 0.3) is 5.69 Å². The molecule has 1 N–H and O–H groups in total. The van der Waals surface area contributed by atoms with Crippen molar-refractivity contribution in [3.05, 3.63) is 30.3 Å². The lowest BCUT2D eigenvalue weighted by Crippen LogP contribution is -2.38. The average molecular weight is 295 g/mol. The zero-order valence-electron chi connectivity index (χ0n) is 11.6. The van der Waals surface area contributed by atoms with Crippen molar-refractivity contribution in [2.45, 2.75) is 18.6 Å². The van der Waals surface area contributed by atoms with E-state index in [9.17, 15) is 8.42 Å². The van der Waals surface area contributed by atoms with Crippen molar-refractivity contribution in [2.24, 2.45) is 0 Å². The zero-order chi connectivity index (χ0) is 14.8. The highest BCUT2D eigenvalue weighted by atomic mass is 32.2. The van der Waals surface area contributed by atoms with Crippen molar-refractivity contribution in [3.8, 4) is 5.69 Å². The number of benzene rings is 1. The van der Waals surface area contributed by atoms with Crippen molar-refractivity contribution in [1.29, 1.82) is 0 Å². The van der Waals surface area contributed by atoms with Crippen LogP contribution in [-0.2, 0) is 9.84 Å². The first-order valence-electron chi connectivity index (χ1n) is 6.08. The first-order chi connectivity index (χ1) is 9.31. The SMILES string of the molecule is CC(C)(CNc1nnnn1-c1ccccc1)S(C)(=O)=O. The minimum absolute atomic E-state index is 0.221. The normalized spacial score (nSPS) is 12.3. The van der Waals surface area contributed by atoms with Gasteiger partial charge in [-0.15, -0.1) is 0 Å². The molecule has 20 heavy (non-hydrogen) atoms. The van der Waals surface area contributed by atoms with Crippen LogP contribution in [0.5, 0.6) is 0 Å². The Morgan fingerprint density at radius 2 is 1.90 bits per heavy atom. The highest BCUT2D eigenvalue weighted by Gasteiger charge is 2.30. The van der Waals surface area contributed by atoms with Crippen molar-refractivity contribution in [3.63, 3.8) is 0 Å². The number of tetrazole rings is 1. The van der Waals surface area contributed by atoms with Crippen LogP contribution in [0.2, 0.25) is 0 Å². The Kier molecular flexibility index (Phi) is 3.76. The Morgan fingerprint density at radius 3 is 2.50 bits per heavy atom. The van der Waals surface area contributed by atoms with E-state index in [4.69, 9.17) is 0 Å². The van der Waals surface area contributed by atoms with Crippen molar-refractivity contribution < 1.29 is 8.42 Å². The molecular weight excluding hydrogens is 278 g/mol. The third-order valence-electron chi connectivity index (χ3n) is 3.15. The van der Waals surface area contributed by atoms with Gasteiger partial charge in [-0.05, 0) is 36.4 Å².